The number of carbonyl (C=O) groups is 1. The zero-order valence-corrected chi connectivity index (χ0v) is 9.13. The number of carbonyl (C=O) groups excluding carboxylic acids is 1. The predicted molar refractivity (Wildman–Crippen MR) is 59.6 cm³/mol. The Morgan fingerprint density at radius 3 is 3.20 bits per heavy atom. The van der Waals surface area contributed by atoms with Crippen LogP contribution in [0.15, 0.2) is 12.7 Å². The maximum absolute atomic E-state index is 11.1. The molecular weight excluding hydrogens is 192 g/mol. The molecule has 4 heteroatoms. The lowest BCUT2D eigenvalue weighted by molar-refractivity contribution is -0.125. The molecule has 4 nitrogen and oxygen atoms in total. The quantitative estimate of drug-likeness (QED) is 0.471. The number of nitrogens with one attached hydrogen (secondary N) is 2. The van der Waals surface area contributed by atoms with Crippen LogP contribution in [0.2, 0.25) is 0 Å². The molecule has 1 aliphatic rings. The number of rotatable bonds is 7. The van der Waals surface area contributed by atoms with E-state index in [1.807, 2.05) is 0 Å². The summed E-state index contributed by atoms with van der Waals surface area (Å²) < 4.78 is 5.28. The Balaban J connectivity index is 1.91. The molecule has 0 aromatic heterocycles. The second kappa shape index (κ2) is 7.43. The first-order chi connectivity index (χ1) is 7.33. The van der Waals surface area contributed by atoms with Gasteiger partial charge in [-0.1, -0.05) is 6.08 Å². The van der Waals surface area contributed by atoms with Crippen LogP contribution in [0.3, 0.4) is 0 Å². The SMILES string of the molecule is C=CCNC(=O)COCCC1CCNC1. The molecule has 0 radical (unpaired) electrons. The van der Waals surface area contributed by atoms with Crippen molar-refractivity contribution >= 4 is 5.91 Å². The Bertz CT molecular complexity index is 201. The third-order valence-corrected chi connectivity index (χ3v) is 2.51. The molecule has 1 atom stereocenters. The smallest absolute Gasteiger partial charge is 0.246 e. The van der Waals surface area contributed by atoms with Gasteiger partial charge in [-0.2, -0.15) is 0 Å². The monoisotopic (exact) mass is 212 g/mol. The number of hydrogen-bond donors (Lipinski definition) is 2. The van der Waals surface area contributed by atoms with E-state index in [1.165, 1.54) is 6.42 Å². The van der Waals surface area contributed by atoms with E-state index in [2.05, 4.69) is 17.2 Å². The van der Waals surface area contributed by atoms with Crippen LogP contribution in [-0.4, -0.2) is 38.8 Å². The Kier molecular flexibility index (Phi) is 6.04. The first-order valence-corrected chi connectivity index (χ1v) is 5.49. The molecule has 15 heavy (non-hydrogen) atoms. The molecule has 2 N–H and O–H groups in total. The van der Waals surface area contributed by atoms with Crippen molar-refractivity contribution < 1.29 is 9.53 Å². The molecule has 0 aliphatic carbocycles. The molecule has 86 valence electrons. The summed E-state index contributed by atoms with van der Waals surface area (Å²) >= 11 is 0. The van der Waals surface area contributed by atoms with Gasteiger partial charge in [0.1, 0.15) is 6.61 Å². The summed E-state index contributed by atoms with van der Waals surface area (Å²) in [5.74, 6) is 0.653. The van der Waals surface area contributed by atoms with Crippen LogP contribution in [-0.2, 0) is 9.53 Å². The van der Waals surface area contributed by atoms with Crippen LogP contribution >= 0.6 is 0 Å². The minimum Gasteiger partial charge on any atom is -0.372 e. The van der Waals surface area contributed by atoms with Gasteiger partial charge in [0.05, 0.1) is 0 Å². The number of hydrogen-bond acceptors (Lipinski definition) is 3. The van der Waals surface area contributed by atoms with Crippen molar-refractivity contribution in [1.29, 1.82) is 0 Å². The molecule has 0 saturated carbocycles. The van der Waals surface area contributed by atoms with Crippen molar-refractivity contribution in [2.24, 2.45) is 5.92 Å². The lowest BCUT2D eigenvalue weighted by Crippen LogP contribution is -2.27. The summed E-state index contributed by atoms with van der Waals surface area (Å²) in [5.41, 5.74) is 0. The summed E-state index contributed by atoms with van der Waals surface area (Å²) in [4.78, 5) is 11.1. The highest BCUT2D eigenvalue weighted by Gasteiger charge is 2.13. The van der Waals surface area contributed by atoms with E-state index < -0.39 is 0 Å². The molecule has 1 unspecified atom stereocenters. The highest BCUT2D eigenvalue weighted by atomic mass is 16.5. The van der Waals surface area contributed by atoms with Crippen molar-refractivity contribution in [1.82, 2.24) is 10.6 Å². The van der Waals surface area contributed by atoms with Gasteiger partial charge in [-0.05, 0) is 31.8 Å². The lowest BCUT2D eigenvalue weighted by atomic mass is 10.1. The van der Waals surface area contributed by atoms with E-state index in [4.69, 9.17) is 4.74 Å². The average molecular weight is 212 g/mol. The molecule has 1 saturated heterocycles. The van der Waals surface area contributed by atoms with Crippen LogP contribution in [0.4, 0.5) is 0 Å². The summed E-state index contributed by atoms with van der Waals surface area (Å²) in [6.07, 6.45) is 3.93. The molecule has 0 spiro atoms. The van der Waals surface area contributed by atoms with E-state index in [1.54, 1.807) is 6.08 Å². The second-order valence-electron chi connectivity index (χ2n) is 3.79. The molecule has 1 amide bonds. The maximum Gasteiger partial charge on any atom is 0.246 e. The topological polar surface area (TPSA) is 50.4 Å². The van der Waals surface area contributed by atoms with E-state index in [9.17, 15) is 4.79 Å². The van der Waals surface area contributed by atoms with Gasteiger partial charge in [-0.25, -0.2) is 0 Å². The predicted octanol–water partition coefficient (Wildman–Crippen LogP) is 0.305. The minimum absolute atomic E-state index is 0.0700. The van der Waals surface area contributed by atoms with E-state index >= 15 is 0 Å². The molecule has 0 aromatic carbocycles. The largest absolute Gasteiger partial charge is 0.372 e. The van der Waals surface area contributed by atoms with Crippen molar-refractivity contribution in [3.8, 4) is 0 Å². The second-order valence-corrected chi connectivity index (χ2v) is 3.79. The van der Waals surface area contributed by atoms with Gasteiger partial charge in [0, 0.05) is 13.2 Å². The summed E-state index contributed by atoms with van der Waals surface area (Å²) in [5, 5.41) is 5.97. The van der Waals surface area contributed by atoms with Gasteiger partial charge in [-0.3, -0.25) is 4.79 Å². The van der Waals surface area contributed by atoms with Gasteiger partial charge >= 0.3 is 0 Å². The highest BCUT2D eigenvalue weighted by Crippen LogP contribution is 2.11. The van der Waals surface area contributed by atoms with E-state index in [0.717, 1.165) is 25.4 Å². The maximum atomic E-state index is 11.1. The third-order valence-electron chi connectivity index (χ3n) is 2.51. The molecule has 0 bridgehead atoms. The summed E-state index contributed by atoms with van der Waals surface area (Å²) in [7, 11) is 0. The van der Waals surface area contributed by atoms with Crippen LogP contribution < -0.4 is 10.6 Å². The van der Waals surface area contributed by atoms with Gasteiger partial charge in [0.15, 0.2) is 0 Å². The third kappa shape index (κ3) is 5.54. The van der Waals surface area contributed by atoms with Gasteiger partial charge in [-0.15, -0.1) is 6.58 Å². The fraction of sp³-hybridized carbons (Fsp3) is 0.727. The molecule has 1 aliphatic heterocycles. The molecular formula is C11H20N2O2. The standard InChI is InChI=1S/C11H20N2O2/c1-2-5-13-11(14)9-15-7-4-10-3-6-12-8-10/h2,10,12H,1,3-9H2,(H,13,14). The normalized spacial score (nSPS) is 20.1. The fourth-order valence-corrected chi connectivity index (χ4v) is 1.61. The first kappa shape index (κ1) is 12.2. The van der Waals surface area contributed by atoms with Crippen LogP contribution in [0.5, 0.6) is 0 Å². The van der Waals surface area contributed by atoms with Crippen LogP contribution in [0.25, 0.3) is 0 Å². The Morgan fingerprint density at radius 2 is 2.53 bits per heavy atom. The Hall–Kier alpha value is -0.870. The number of ether oxygens (including phenoxy) is 1. The van der Waals surface area contributed by atoms with Crippen molar-refractivity contribution in [3.63, 3.8) is 0 Å². The highest BCUT2D eigenvalue weighted by molar-refractivity contribution is 5.77. The average Bonchev–Trinajstić information content (AvgIpc) is 2.74. The Labute approximate surface area is 91.1 Å². The van der Waals surface area contributed by atoms with Gasteiger partial charge in [0.25, 0.3) is 0 Å². The molecule has 1 fully saturated rings. The fourth-order valence-electron chi connectivity index (χ4n) is 1.61. The molecule has 1 rings (SSSR count). The van der Waals surface area contributed by atoms with Crippen molar-refractivity contribution in [2.75, 3.05) is 32.8 Å². The van der Waals surface area contributed by atoms with Crippen LogP contribution in [0.1, 0.15) is 12.8 Å². The first-order valence-electron chi connectivity index (χ1n) is 5.49. The van der Waals surface area contributed by atoms with Gasteiger partial charge in [0.2, 0.25) is 5.91 Å². The molecule has 0 aromatic rings. The molecule has 1 heterocycles. The zero-order valence-electron chi connectivity index (χ0n) is 9.13. The Morgan fingerprint density at radius 1 is 1.67 bits per heavy atom. The van der Waals surface area contributed by atoms with Gasteiger partial charge < -0.3 is 15.4 Å². The summed E-state index contributed by atoms with van der Waals surface area (Å²) in [6, 6.07) is 0. The van der Waals surface area contributed by atoms with Crippen molar-refractivity contribution in [3.05, 3.63) is 12.7 Å². The summed E-state index contributed by atoms with van der Waals surface area (Å²) in [6.45, 7) is 7.07. The van der Waals surface area contributed by atoms with E-state index in [-0.39, 0.29) is 12.5 Å². The number of amides is 1. The van der Waals surface area contributed by atoms with E-state index in [0.29, 0.717) is 13.2 Å². The van der Waals surface area contributed by atoms with Crippen LogP contribution in [0, 0.1) is 5.92 Å². The zero-order chi connectivity index (χ0) is 10.9. The minimum atomic E-state index is -0.0700. The van der Waals surface area contributed by atoms with Crippen molar-refractivity contribution in [2.45, 2.75) is 12.8 Å². The lowest BCUT2D eigenvalue weighted by Gasteiger charge is -2.08.